The summed E-state index contributed by atoms with van der Waals surface area (Å²) in [5.41, 5.74) is 3.57. The summed E-state index contributed by atoms with van der Waals surface area (Å²) in [7, 11) is 0. The Hall–Kier alpha value is -2.64. The Morgan fingerprint density at radius 3 is 2.33 bits per heavy atom. The van der Waals surface area contributed by atoms with Crippen LogP contribution in [-0.2, 0) is 17.7 Å². The average Bonchev–Trinajstić information content (AvgIpc) is 2.84. The molecule has 2 aliphatic heterocycles. The molecule has 2 aromatic rings. The van der Waals surface area contributed by atoms with Crippen LogP contribution in [0.2, 0.25) is 0 Å². The van der Waals surface area contributed by atoms with Crippen molar-refractivity contribution in [1.82, 2.24) is 4.90 Å². The molecule has 7 heteroatoms. The highest BCUT2D eigenvalue weighted by Crippen LogP contribution is 2.28. The number of nitrogens with zero attached hydrogens (tertiary/aromatic N) is 3. The molecule has 0 saturated carbocycles. The van der Waals surface area contributed by atoms with Crippen LogP contribution in [-0.4, -0.2) is 62.0 Å². The number of likely N-dealkylation sites (tertiary alicyclic amines) is 1. The molecule has 0 aromatic heterocycles. The molecule has 1 N–H and O–H groups in total. The number of amides is 1. The molecule has 0 bridgehead atoms. The molecule has 2 aliphatic rings. The van der Waals surface area contributed by atoms with Gasteiger partial charge in [-0.05, 0) is 67.6 Å². The van der Waals surface area contributed by atoms with Crippen molar-refractivity contribution in [2.24, 2.45) is 5.92 Å². The smallest absolute Gasteiger partial charge is 0.411 e. The van der Waals surface area contributed by atoms with Crippen LogP contribution in [0.5, 0.6) is 0 Å². The third-order valence-corrected chi connectivity index (χ3v) is 6.81. The second-order valence-electron chi connectivity index (χ2n) is 9.02. The van der Waals surface area contributed by atoms with Gasteiger partial charge in [0.1, 0.15) is 5.82 Å². The molecule has 178 valence electrons. The van der Waals surface area contributed by atoms with Crippen LogP contribution in [0.3, 0.4) is 0 Å². The van der Waals surface area contributed by atoms with Gasteiger partial charge in [0.05, 0.1) is 24.6 Å². The quantitative estimate of drug-likeness (QED) is 0.660. The molecule has 4 rings (SSSR count). The Bertz CT molecular complexity index is 923. The summed E-state index contributed by atoms with van der Waals surface area (Å²) in [6.45, 7) is 7.79. The van der Waals surface area contributed by atoms with Crippen molar-refractivity contribution in [3.63, 3.8) is 0 Å². The first-order chi connectivity index (χ1) is 16.0. The Morgan fingerprint density at radius 2 is 1.73 bits per heavy atom. The van der Waals surface area contributed by atoms with Crippen molar-refractivity contribution in [3.05, 3.63) is 59.4 Å². The van der Waals surface area contributed by atoms with E-state index in [-0.39, 0.29) is 11.7 Å². The first-order valence-electron chi connectivity index (χ1n) is 12.0. The number of anilines is 2. The number of piperidine rings is 1. The molecular formula is C26H34FN3O3. The summed E-state index contributed by atoms with van der Waals surface area (Å²) < 4.78 is 20.2. The molecule has 0 atom stereocenters. The van der Waals surface area contributed by atoms with Crippen LogP contribution < -0.4 is 9.80 Å². The third-order valence-electron chi connectivity index (χ3n) is 6.81. The molecule has 2 aromatic carbocycles. The third kappa shape index (κ3) is 6.03. The first-order valence-corrected chi connectivity index (χ1v) is 12.0. The average molecular weight is 456 g/mol. The molecule has 0 unspecified atom stereocenters. The summed E-state index contributed by atoms with van der Waals surface area (Å²) in [5, 5.41) is 9.82. The van der Waals surface area contributed by atoms with Gasteiger partial charge in [0, 0.05) is 26.2 Å². The first kappa shape index (κ1) is 23.5. The number of carbonyl (C=O) groups is 1. The number of carboxylic acid groups (broad SMARTS) is 1. The number of rotatable bonds is 7. The maximum Gasteiger partial charge on any atom is 0.411 e. The van der Waals surface area contributed by atoms with Gasteiger partial charge in [-0.2, -0.15) is 0 Å². The molecule has 2 heterocycles. The van der Waals surface area contributed by atoms with Gasteiger partial charge < -0.3 is 14.7 Å². The predicted molar refractivity (Wildman–Crippen MR) is 129 cm³/mol. The number of hydrogen-bond acceptors (Lipinski definition) is 4. The minimum Gasteiger partial charge on any atom is -0.465 e. The number of morpholine rings is 1. The Labute approximate surface area is 195 Å². The SMILES string of the molecule is CCc1ccc(CN2CCC(CN(C(=O)O)c3ccc(N4CCOCC4)c(F)c3)CC2)cc1. The molecule has 0 spiro atoms. The molecule has 2 saturated heterocycles. The molecule has 6 nitrogen and oxygen atoms in total. The normalized spacial score (nSPS) is 17.8. The Kier molecular flexibility index (Phi) is 7.83. The summed E-state index contributed by atoms with van der Waals surface area (Å²) in [4.78, 5) is 17.7. The highest BCUT2D eigenvalue weighted by atomic mass is 19.1. The van der Waals surface area contributed by atoms with Crippen LogP contribution in [0, 0.1) is 11.7 Å². The minimum absolute atomic E-state index is 0.266. The molecule has 0 aliphatic carbocycles. The molecule has 1 amide bonds. The van der Waals surface area contributed by atoms with Crippen molar-refractivity contribution < 1.29 is 19.0 Å². The summed E-state index contributed by atoms with van der Waals surface area (Å²) in [6.07, 6.45) is 1.88. The van der Waals surface area contributed by atoms with Crippen LogP contribution >= 0.6 is 0 Å². The van der Waals surface area contributed by atoms with E-state index in [4.69, 9.17) is 4.74 Å². The monoisotopic (exact) mass is 455 g/mol. The highest BCUT2D eigenvalue weighted by Gasteiger charge is 2.26. The van der Waals surface area contributed by atoms with Gasteiger partial charge in [-0.15, -0.1) is 0 Å². The van der Waals surface area contributed by atoms with Gasteiger partial charge in [0.2, 0.25) is 0 Å². The van der Waals surface area contributed by atoms with Gasteiger partial charge in [-0.3, -0.25) is 9.80 Å². The van der Waals surface area contributed by atoms with E-state index in [1.807, 2.05) is 4.90 Å². The van der Waals surface area contributed by atoms with Gasteiger partial charge >= 0.3 is 6.09 Å². The van der Waals surface area contributed by atoms with Crippen LogP contribution in [0.25, 0.3) is 0 Å². The zero-order chi connectivity index (χ0) is 23.2. The standard InChI is InChI=1S/C26H34FN3O3/c1-2-20-3-5-21(6-4-20)18-28-11-9-22(10-12-28)19-30(26(31)32)23-7-8-25(24(27)17-23)29-13-15-33-16-14-29/h3-8,17,22H,2,9-16,18-19H2,1H3,(H,31,32). The fourth-order valence-electron chi connectivity index (χ4n) is 4.74. The zero-order valence-electron chi connectivity index (χ0n) is 19.4. The summed E-state index contributed by atoms with van der Waals surface area (Å²) in [5.74, 6) is -0.119. The van der Waals surface area contributed by atoms with E-state index in [1.54, 1.807) is 12.1 Å². The number of halogens is 1. The van der Waals surface area contributed by atoms with Gasteiger partial charge in [0.25, 0.3) is 0 Å². The lowest BCUT2D eigenvalue weighted by Crippen LogP contribution is -2.40. The largest absolute Gasteiger partial charge is 0.465 e. The number of ether oxygens (including phenoxy) is 1. The van der Waals surface area contributed by atoms with E-state index < -0.39 is 6.09 Å². The molecule has 33 heavy (non-hydrogen) atoms. The van der Waals surface area contributed by atoms with E-state index in [9.17, 15) is 14.3 Å². The second-order valence-corrected chi connectivity index (χ2v) is 9.02. The van der Waals surface area contributed by atoms with Crippen molar-refractivity contribution >= 4 is 17.5 Å². The topological polar surface area (TPSA) is 56.2 Å². The fourth-order valence-corrected chi connectivity index (χ4v) is 4.74. The Balaban J connectivity index is 1.34. The van der Waals surface area contributed by atoms with E-state index in [0.29, 0.717) is 44.2 Å². The summed E-state index contributed by atoms with van der Waals surface area (Å²) in [6, 6.07) is 13.6. The predicted octanol–water partition coefficient (Wildman–Crippen LogP) is 4.62. The van der Waals surface area contributed by atoms with E-state index in [2.05, 4.69) is 36.1 Å². The van der Waals surface area contributed by atoms with Crippen molar-refractivity contribution in [3.8, 4) is 0 Å². The second kappa shape index (κ2) is 11.0. The number of hydrogen-bond donors (Lipinski definition) is 1. The molecule has 0 radical (unpaired) electrons. The number of aryl methyl sites for hydroxylation is 1. The van der Waals surface area contributed by atoms with Crippen LogP contribution in [0.1, 0.15) is 30.9 Å². The lowest BCUT2D eigenvalue weighted by molar-refractivity contribution is 0.122. The molecule has 2 fully saturated rings. The van der Waals surface area contributed by atoms with Gasteiger partial charge in [-0.25, -0.2) is 9.18 Å². The van der Waals surface area contributed by atoms with Gasteiger partial charge in [-0.1, -0.05) is 31.2 Å². The Morgan fingerprint density at radius 1 is 1.06 bits per heavy atom. The van der Waals surface area contributed by atoms with Crippen molar-refractivity contribution in [2.45, 2.75) is 32.7 Å². The van der Waals surface area contributed by atoms with Gasteiger partial charge in [0.15, 0.2) is 0 Å². The maximum atomic E-state index is 14.8. The van der Waals surface area contributed by atoms with E-state index in [0.717, 1.165) is 38.9 Å². The van der Waals surface area contributed by atoms with E-state index in [1.165, 1.54) is 22.1 Å². The zero-order valence-corrected chi connectivity index (χ0v) is 19.4. The fraction of sp³-hybridized carbons (Fsp3) is 0.500. The van der Waals surface area contributed by atoms with E-state index >= 15 is 0 Å². The highest BCUT2D eigenvalue weighted by molar-refractivity contribution is 5.86. The lowest BCUT2D eigenvalue weighted by Gasteiger charge is -2.34. The summed E-state index contributed by atoms with van der Waals surface area (Å²) >= 11 is 0. The molecular weight excluding hydrogens is 421 g/mol. The minimum atomic E-state index is -1.04. The van der Waals surface area contributed by atoms with Crippen LogP contribution in [0.4, 0.5) is 20.6 Å². The van der Waals surface area contributed by atoms with Crippen molar-refractivity contribution in [1.29, 1.82) is 0 Å². The number of benzene rings is 2. The lowest BCUT2D eigenvalue weighted by atomic mass is 9.95. The van der Waals surface area contributed by atoms with Crippen LogP contribution in [0.15, 0.2) is 42.5 Å². The van der Waals surface area contributed by atoms with Crippen molar-refractivity contribution in [2.75, 3.05) is 55.7 Å². The maximum absolute atomic E-state index is 14.8.